The fraction of sp³-hybridized carbons (Fsp3) is 0.263. The Hall–Kier alpha value is -3.08. The van der Waals surface area contributed by atoms with E-state index >= 15 is 0 Å². The summed E-state index contributed by atoms with van der Waals surface area (Å²) < 4.78 is 10.8. The zero-order chi connectivity index (χ0) is 20.5. The number of hydrogen-bond donors (Lipinski definition) is 2. The molecule has 10 heteroatoms. The Balaban J connectivity index is 1.54. The molecule has 3 rings (SSSR count). The molecule has 2 N–H and O–H groups in total. The number of benzene rings is 1. The van der Waals surface area contributed by atoms with Gasteiger partial charge in [0.05, 0.1) is 24.6 Å². The predicted octanol–water partition coefficient (Wildman–Crippen LogP) is 1.71. The Labute approximate surface area is 171 Å². The highest BCUT2D eigenvalue weighted by atomic mass is 32.1. The van der Waals surface area contributed by atoms with Gasteiger partial charge in [0.15, 0.2) is 0 Å². The van der Waals surface area contributed by atoms with Crippen LogP contribution in [0.2, 0.25) is 0 Å². The zero-order valence-electron chi connectivity index (χ0n) is 15.8. The molecular weight excluding hydrogens is 394 g/mol. The highest BCUT2D eigenvalue weighted by Gasteiger charge is 2.17. The standard InChI is InChI=1S/C19H21N5O4S/c1-27-10-9-24(13-17-21-23-19(28-17)15-8-5-11-29-15)12-16(25)20-22-18(26)14-6-3-2-4-7-14/h2-8,11H,9-10,12-13H2,1H3,(H,20,25)(H,22,26). The van der Waals surface area contributed by atoms with E-state index in [2.05, 4.69) is 21.0 Å². The summed E-state index contributed by atoms with van der Waals surface area (Å²) in [7, 11) is 1.58. The molecule has 0 spiro atoms. The van der Waals surface area contributed by atoms with Crippen LogP contribution < -0.4 is 10.9 Å². The van der Waals surface area contributed by atoms with E-state index in [4.69, 9.17) is 9.15 Å². The van der Waals surface area contributed by atoms with Crippen LogP contribution in [-0.2, 0) is 16.1 Å². The Morgan fingerprint density at radius 3 is 2.69 bits per heavy atom. The number of carbonyl (C=O) groups is 2. The molecule has 0 aliphatic carbocycles. The van der Waals surface area contributed by atoms with E-state index in [1.807, 2.05) is 23.6 Å². The Morgan fingerprint density at radius 1 is 1.14 bits per heavy atom. The number of ether oxygens (including phenoxy) is 1. The minimum atomic E-state index is -0.389. The minimum absolute atomic E-state index is 0.0230. The molecule has 2 amide bonds. The fourth-order valence-corrected chi connectivity index (χ4v) is 3.12. The first-order valence-corrected chi connectivity index (χ1v) is 9.75. The third-order valence-electron chi connectivity index (χ3n) is 3.89. The molecule has 0 bridgehead atoms. The third kappa shape index (κ3) is 6.21. The van der Waals surface area contributed by atoms with Gasteiger partial charge < -0.3 is 9.15 Å². The van der Waals surface area contributed by atoms with Crippen LogP contribution in [0, 0.1) is 0 Å². The number of nitrogens with one attached hydrogen (secondary N) is 2. The van der Waals surface area contributed by atoms with E-state index in [-0.39, 0.29) is 24.9 Å². The molecule has 0 saturated heterocycles. The molecule has 0 unspecified atom stereocenters. The van der Waals surface area contributed by atoms with Gasteiger partial charge in [-0.25, -0.2) is 0 Å². The van der Waals surface area contributed by atoms with Crippen LogP contribution in [0.5, 0.6) is 0 Å². The van der Waals surface area contributed by atoms with Gasteiger partial charge in [-0.15, -0.1) is 21.5 Å². The molecule has 3 aromatic rings. The van der Waals surface area contributed by atoms with Gasteiger partial charge in [0, 0.05) is 19.2 Å². The van der Waals surface area contributed by atoms with Crippen molar-refractivity contribution in [3.8, 4) is 10.8 Å². The number of carbonyl (C=O) groups excluding carboxylic acids is 2. The number of aromatic nitrogens is 2. The highest BCUT2D eigenvalue weighted by molar-refractivity contribution is 7.13. The summed E-state index contributed by atoms with van der Waals surface area (Å²) in [5.74, 6) is 0.0788. The van der Waals surface area contributed by atoms with Crippen molar-refractivity contribution < 1.29 is 18.7 Å². The molecule has 1 aromatic carbocycles. The van der Waals surface area contributed by atoms with Crippen LogP contribution >= 0.6 is 11.3 Å². The van der Waals surface area contributed by atoms with Crippen LogP contribution in [0.3, 0.4) is 0 Å². The summed E-state index contributed by atoms with van der Waals surface area (Å²) in [5, 5.41) is 10.0. The van der Waals surface area contributed by atoms with Gasteiger partial charge in [-0.3, -0.25) is 25.3 Å². The van der Waals surface area contributed by atoms with Crippen LogP contribution in [0.1, 0.15) is 16.2 Å². The zero-order valence-corrected chi connectivity index (χ0v) is 16.6. The van der Waals surface area contributed by atoms with Gasteiger partial charge >= 0.3 is 0 Å². The average Bonchev–Trinajstić information content (AvgIpc) is 3.43. The van der Waals surface area contributed by atoms with Gasteiger partial charge in [-0.1, -0.05) is 24.3 Å². The second-order valence-electron chi connectivity index (χ2n) is 6.05. The van der Waals surface area contributed by atoms with E-state index in [1.54, 1.807) is 36.3 Å². The summed E-state index contributed by atoms with van der Waals surface area (Å²) in [5.41, 5.74) is 5.27. The van der Waals surface area contributed by atoms with Crippen molar-refractivity contribution in [2.75, 3.05) is 26.8 Å². The van der Waals surface area contributed by atoms with Crippen molar-refractivity contribution in [3.63, 3.8) is 0 Å². The smallest absolute Gasteiger partial charge is 0.269 e. The first-order valence-electron chi connectivity index (χ1n) is 8.87. The summed E-state index contributed by atoms with van der Waals surface area (Å²) in [6.07, 6.45) is 0. The molecule has 152 valence electrons. The van der Waals surface area contributed by atoms with E-state index in [9.17, 15) is 9.59 Å². The number of hydrogen-bond acceptors (Lipinski definition) is 8. The maximum absolute atomic E-state index is 12.3. The summed E-state index contributed by atoms with van der Waals surface area (Å²) in [6.45, 7) is 1.21. The maximum atomic E-state index is 12.3. The molecule has 0 fully saturated rings. The van der Waals surface area contributed by atoms with E-state index in [1.165, 1.54) is 11.3 Å². The summed E-state index contributed by atoms with van der Waals surface area (Å²) in [6, 6.07) is 12.4. The molecule has 2 heterocycles. The first-order chi connectivity index (χ1) is 14.2. The second-order valence-corrected chi connectivity index (χ2v) is 7.00. The quantitative estimate of drug-likeness (QED) is 0.512. The topological polar surface area (TPSA) is 110 Å². The molecule has 2 aromatic heterocycles. The normalized spacial score (nSPS) is 10.8. The summed E-state index contributed by atoms with van der Waals surface area (Å²) in [4.78, 5) is 27.0. The Kier molecular flexibility index (Phi) is 7.45. The lowest BCUT2D eigenvalue weighted by atomic mass is 10.2. The second kappa shape index (κ2) is 10.5. The lowest BCUT2D eigenvalue weighted by Gasteiger charge is -2.19. The molecule has 0 radical (unpaired) electrons. The van der Waals surface area contributed by atoms with E-state index < -0.39 is 0 Å². The highest BCUT2D eigenvalue weighted by Crippen LogP contribution is 2.23. The fourth-order valence-electron chi connectivity index (χ4n) is 2.47. The molecule has 0 aliphatic rings. The van der Waals surface area contributed by atoms with Crippen molar-refractivity contribution in [1.29, 1.82) is 0 Å². The lowest BCUT2D eigenvalue weighted by Crippen LogP contribution is -2.46. The van der Waals surface area contributed by atoms with Gasteiger partial charge in [0.25, 0.3) is 17.7 Å². The van der Waals surface area contributed by atoms with Crippen LogP contribution in [-0.4, -0.2) is 53.7 Å². The molecular formula is C19H21N5O4S. The maximum Gasteiger partial charge on any atom is 0.269 e. The van der Waals surface area contributed by atoms with Crippen LogP contribution in [0.25, 0.3) is 10.8 Å². The van der Waals surface area contributed by atoms with Gasteiger partial charge in [-0.05, 0) is 23.6 Å². The molecule has 0 atom stereocenters. The number of nitrogens with zero attached hydrogens (tertiary/aromatic N) is 3. The third-order valence-corrected chi connectivity index (χ3v) is 4.75. The van der Waals surface area contributed by atoms with Crippen LogP contribution in [0.15, 0.2) is 52.3 Å². The first kappa shape index (κ1) is 20.6. The van der Waals surface area contributed by atoms with E-state index in [0.717, 1.165) is 4.88 Å². The number of methoxy groups -OCH3 is 1. The monoisotopic (exact) mass is 415 g/mol. The average molecular weight is 415 g/mol. The minimum Gasteiger partial charge on any atom is -0.419 e. The summed E-state index contributed by atoms with van der Waals surface area (Å²) >= 11 is 1.51. The van der Waals surface area contributed by atoms with Crippen molar-refractivity contribution in [3.05, 3.63) is 59.3 Å². The van der Waals surface area contributed by atoms with Crippen molar-refractivity contribution in [2.24, 2.45) is 0 Å². The number of hydrazine groups is 1. The number of amides is 2. The number of thiophene rings is 1. The molecule has 29 heavy (non-hydrogen) atoms. The Morgan fingerprint density at radius 2 is 1.97 bits per heavy atom. The van der Waals surface area contributed by atoms with Crippen molar-refractivity contribution in [2.45, 2.75) is 6.54 Å². The molecule has 0 aliphatic heterocycles. The van der Waals surface area contributed by atoms with Crippen molar-refractivity contribution >= 4 is 23.2 Å². The van der Waals surface area contributed by atoms with E-state index in [0.29, 0.717) is 30.5 Å². The predicted molar refractivity (Wildman–Crippen MR) is 107 cm³/mol. The largest absolute Gasteiger partial charge is 0.419 e. The van der Waals surface area contributed by atoms with Gasteiger partial charge in [-0.2, -0.15) is 0 Å². The lowest BCUT2D eigenvalue weighted by molar-refractivity contribution is -0.123. The SMILES string of the molecule is COCCN(CC(=O)NNC(=O)c1ccccc1)Cc1nnc(-c2cccs2)o1. The Bertz CT molecular complexity index is 914. The molecule has 9 nitrogen and oxygen atoms in total. The molecule has 0 saturated carbocycles. The number of rotatable bonds is 9. The van der Waals surface area contributed by atoms with Gasteiger partial charge in [0.2, 0.25) is 5.89 Å². The van der Waals surface area contributed by atoms with Gasteiger partial charge in [0.1, 0.15) is 0 Å². The van der Waals surface area contributed by atoms with Crippen molar-refractivity contribution in [1.82, 2.24) is 25.9 Å². The van der Waals surface area contributed by atoms with Crippen LogP contribution in [0.4, 0.5) is 0 Å².